The molecular weight excluding hydrogens is 474 g/mol. The van der Waals surface area contributed by atoms with Crippen molar-refractivity contribution in [2.45, 2.75) is 25.8 Å². The molecule has 38 heavy (non-hydrogen) atoms. The zero-order valence-electron chi connectivity index (χ0n) is 22.0. The Labute approximate surface area is 224 Å². The van der Waals surface area contributed by atoms with Crippen LogP contribution in [0.1, 0.15) is 41.6 Å². The first-order valence-corrected chi connectivity index (χ1v) is 13.9. The molecule has 6 rings (SSSR count). The minimum atomic E-state index is -0.0918. The van der Waals surface area contributed by atoms with E-state index in [1.165, 1.54) is 21.9 Å². The number of hydrogen-bond acceptors (Lipinski definition) is 7. The second-order valence-corrected chi connectivity index (χ2v) is 10.3. The lowest BCUT2D eigenvalue weighted by atomic mass is 9.84. The number of nitrogens with zero attached hydrogens (tertiary/aromatic N) is 5. The zero-order valence-corrected chi connectivity index (χ0v) is 22.0. The van der Waals surface area contributed by atoms with Gasteiger partial charge < -0.3 is 25.3 Å². The Morgan fingerprint density at radius 3 is 2.47 bits per heavy atom. The molecule has 3 aliphatic heterocycles. The van der Waals surface area contributed by atoms with Gasteiger partial charge in [0.15, 0.2) is 0 Å². The minimum absolute atomic E-state index is 0.0918. The van der Waals surface area contributed by atoms with Crippen LogP contribution < -0.4 is 20.4 Å². The van der Waals surface area contributed by atoms with Crippen molar-refractivity contribution in [3.05, 3.63) is 64.7 Å². The van der Waals surface area contributed by atoms with E-state index in [2.05, 4.69) is 69.0 Å². The number of hydrogen-bond donors (Lipinski definition) is 2. The molecule has 0 bridgehead atoms. The number of fused-ring (bicyclic) bond motifs is 2. The van der Waals surface area contributed by atoms with Gasteiger partial charge in [-0.15, -0.1) is 0 Å². The number of piperazine rings is 2. The smallest absolute Gasteiger partial charge is 0.222 e. The summed E-state index contributed by atoms with van der Waals surface area (Å²) in [5.41, 5.74) is 4.13. The van der Waals surface area contributed by atoms with Crippen molar-refractivity contribution in [3.8, 4) is 6.07 Å². The maximum atomic E-state index is 12.3. The van der Waals surface area contributed by atoms with E-state index in [1.54, 1.807) is 0 Å². The zero-order chi connectivity index (χ0) is 26.1. The lowest BCUT2D eigenvalue weighted by Gasteiger charge is -2.39. The van der Waals surface area contributed by atoms with Crippen molar-refractivity contribution in [1.82, 2.24) is 20.5 Å². The van der Waals surface area contributed by atoms with Crippen LogP contribution in [0.5, 0.6) is 0 Å². The van der Waals surface area contributed by atoms with Gasteiger partial charge in [-0.2, -0.15) is 5.26 Å². The third-order valence-electron chi connectivity index (χ3n) is 8.21. The number of rotatable bonds is 4. The number of carbonyl (C=O) groups excluding carboxylic acids is 1. The highest BCUT2D eigenvalue weighted by molar-refractivity contribution is 5.87. The van der Waals surface area contributed by atoms with Crippen LogP contribution in [0.25, 0.3) is 10.8 Å². The maximum Gasteiger partial charge on any atom is 0.222 e. The maximum absolute atomic E-state index is 12.3. The standard InChI is InChI=1S/C30H35N7O/c1-2-26(38)35-16-18-37(19-17-35)30-25(20-31)27-24(29(34-30)36-14-12-32-13-15-36)10-11-33-28(27)23-9-5-7-21-6-3-4-8-22(21)23/h3-9,28,32-33H,2,10-19H2,1H3. The molecule has 1 aromatic heterocycles. The molecule has 2 saturated heterocycles. The normalized spacial score (nSPS) is 19.8. The highest BCUT2D eigenvalue weighted by Crippen LogP contribution is 2.41. The SMILES string of the molecule is CCC(=O)N1CCN(c2nc(N3CCNCC3)c3c(c2C#N)C(c2cccc4ccccc24)NCC3)CC1. The van der Waals surface area contributed by atoms with Crippen molar-refractivity contribution in [3.63, 3.8) is 0 Å². The Morgan fingerprint density at radius 1 is 0.974 bits per heavy atom. The van der Waals surface area contributed by atoms with Crippen LogP contribution in [0, 0.1) is 11.3 Å². The largest absolute Gasteiger partial charge is 0.354 e. The third-order valence-corrected chi connectivity index (χ3v) is 8.21. The summed E-state index contributed by atoms with van der Waals surface area (Å²) in [5, 5.41) is 20.3. The highest BCUT2D eigenvalue weighted by atomic mass is 16.2. The van der Waals surface area contributed by atoms with E-state index in [9.17, 15) is 10.1 Å². The van der Waals surface area contributed by atoms with Gasteiger partial charge >= 0.3 is 0 Å². The fraction of sp³-hybridized carbons (Fsp3) is 0.433. The molecule has 196 valence electrons. The van der Waals surface area contributed by atoms with Crippen molar-refractivity contribution in [2.75, 3.05) is 68.7 Å². The number of pyridine rings is 1. The van der Waals surface area contributed by atoms with Crippen LogP contribution in [0.15, 0.2) is 42.5 Å². The number of anilines is 2. The number of nitriles is 1. The summed E-state index contributed by atoms with van der Waals surface area (Å²) in [6.45, 7) is 9.07. The highest BCUT2D eigenvalue weighted by Gasteiger charge is 2.34. The van der Waals surface area contributed by atoms with Crippen LogP contribution >= 0.6 is 0 Å². The van der Waals surface area contributed by atoms with E-state index in [0.29, 0.717) is 38.2 Å². The molecule has 1 unspecified atom stereocenters. The first kappa shape index (κ1) is 24.7. The number of carbonyl (C=O) groups is 1. The van der Waals surface area contributed by atoms with Gasteiger partial charge in [0, 0.05) is 76.5 Å². The fourth-order valence-electron chi connectivity index (χ4n) is 6.26. The van der Waals surface area contributed by atoms with Gasteiger partial charge in [-0.25, -0.2) is 4.98 Å². The Bertz CT molecular complexity index is 1380. The van der Waals surface area contributed by atoms with Gasteiger partial charge in [0.2, 0.25) is 5.91 Å². The fourth-order valence-corrected chi connectivity index (χ4v) is 6.26. The van der Waals surface area contributed by atoms with E-state index in [4.69, 9.17) is 4.98 Å². The molecule has 1 amide bonds. The van der Waals surface area contributed by atoms with Gasteiger partial charge in [-0.05, 0) is 22.8 Å². The summed E-state index contributed by atoms with van der Waals surface area (Å²) >= 11 is 0. The van der Waals surface area contributed by atoms with Crippen LogP contribution in [-0.2, 0) is 11.2 Å². The minimum Gasteiger partial charge on any atom is -0.354 e. The van der Waals surface area contributed by atoms with E-state index in [-0.39, 0.29) is 11.9 Å². The quantitative estimate of drug-likeness (QED) is 0.559. The first-order chi connectivity index (χ1) is 18.7. The molecule has 0 saturated carbocycles. The molecule has 0 spiro atoms. The van der Waals surface area contributed by atoms with Crippen molar-refractivity contribution in [2.24, 2.45) is 0 Å². The summed E-state index contributed by atoms with van der Waals surface area (Å²) in [4.78, 5) is 24.1. The van der Waals surface area contributed by atoms with Crippen molar-refractivity contribution in [1.29, 1.82) is 5.26 Å². The first-order valence-electron chi connectivity index (χ1n) is 13.9. The summed E-state index contributed by atoms with van der Waals surface area (Å²) in [6.07, 6.45) is 1.36. The molecule has 1 atom stereocenters. The number of nitrogens with one attached hydrogen (secondary N) is 2. The molecule has 0 radical (unpaired) electrons. The average Bonchev–Trinajstić information content (AvgIpc) is 2.99. The summed E-state index contributed by atoms with van der Waals surface area (Å²) in [7, 11) is 0. The van der Waals surface area contributed by atoms with Crippen LogP contribution in [0.2, 0.25) is 0 Å². The van der Waals surface area contributed by atoms with E-state index >= 15 is 0 Å². The Kier molecular flexibility index (Phi) is 6.88. The van der Waals surface area contributed by atoms with Gasteiger partial charge in [0.1, 0.15) is 23.3 Å². The molecule has 0 aliphatic carbocycles. The van der Waals surface area contributed by atoms with E-state index < -0.39 is 0 Å². The van der Waals surface area contributed by atoms with Gasteiger partial charge in [-0.3, -0.25) is 4.79 Å². The monoisotopic (exact) mass is 509 g/mol. The molecule has 2 fully saturated rings. The van der Waals surface area contributed by atoms with Gasteiger partial charge in [0.25, 0.3) is 0 Å². The van der Waals surface area contributed by atoms with Crippen molar-refractivity contribution < 1.29 is 4.79 Å². The van der Waals surface area contributed by atoms with Crippen molar-refractivity contribution >= 4 is 28.3 Å². The Morgan fingerprint density at radius 2 is 1.71 bits per heavy atom. The number of aromatic nitrogens is 1. The summed E-state index contributed by atoms with van der Waals surface area (Å²) in [5.74, 6) is 1.97. The van der Waals surface area contributed by atoms with Gasteiger partial charge in [-0.1, -0.05) is 49.4 Å². The molecule has 8 heteroatoms. The Hall–Kier alpha value is -3.67. The predicted octanol–water partition coefficient (Wildman–Crippen LogP) is 2.81. The van der Waals surface area contributed by atoms with Crippen LogP contribution in [-0.4, -0.2) is 74.7 Å². The molecule has 3 aromatic rings. The Balaban J connectivity index is 1.50. The number of benzene rings is 2. The second kappa shape index (κ2) is 10.6. The van der Waals surface area contributed by atoms with E-state index in [1.807, 2.05) is 11.8 Å². The van der Waals surface area contributed by atoms with E-state index in [0.717, 1.165) is 56.3 Å². The number of amides is 1. The molecule has 4 heterocycles. The average molecular weight is 510 g/mol. The third kappa shape index (κ3) is 4.36. The molecule has 2 aromatic carbocycles. The molecule has 8 nitrogen and oxygen atoms in total. The lowest BCUT2D eigenvalue weighted by Crippen LogP contribution is -2.49. The molecule has 3 aliphatic rings. The topological polar surface area (TPSA) is 87.5 Å². The second-order valence-electron chi connectivity index (χ2n) is 10.3. The summed E-state index contributed by atoms with van der Waals surface area (Å²) < 4.78 is 0. The lowest BCUT2D eigenvalue weighted by molar-refractivity contribution is -0.131. The van der Waals surface area contributed by atoms with Crippen LogP contribution in [0.4, 0.5) is 11.6 Å². The molecular formula is C30H35N7O. The summed E-state index contributed by atoms with van der Waals surface area (Å²) in [6, 6.07) is 17.4. The van der Waals surface area contributed by atoms with Crippen LogP contribution in [0.3, 0.4) is 0 Å². The molecule has 2 N–H and O–H groups in total. The van der Waals surface area contributed by atoms with Gasteiger partial charge in [0.05, 0.1) is 6.04 Å². The predicted molar refractivity (Wildman–Crippen MR) is 151 cm³/mol.